The molecule has 0 aliphatic carbocycles. The average molecular weight is 768 g/mol. The van der Waals surface area contributed by atoms with E-state index in [0.29, 0.717) is 23.1 Å². The minimum Gasteiger partial charge on any atom is -0.487 e. The van der Waals surface area contributed by atoms with Crippen molar-refractivity contribution in [2.24, 2.45) is 5.73 Å². The van der Waals surface area contributed by atoms with E-state index in [-0.39, 0.29) is 59.5 Å². The molecule has 4 aromatic carbocycles. The number of rotatable bonds is 19. The van der Waals surface area contributed by atoms with Crippen molar-refractivity contribution in [3.05, 3.63) is 108 Å². The van der Waals surface area contributed by atoms with Crippen molar-refractivity contribution in [3.8, 4) is 22.6 Å². The van der Waals surface area contributed by atoms with Crippen LogP contribution in [0.25, 0.3) is 11.1 Å². The van der Waals surface area contributed by atoms with Crippen LogP contribution in [0.15, 0.2) is 101 Å². The van der Waals surface area contributed by atoms with Gasteiger partial charge < -0.3 is 30.4 Å². The molecule has 0 saturated carbocycles. The number of carboxylic acids is 1. The molecule has 0 heterocycles. The van der Waals surface area contributed by atoms with Crippen LogP contribution in [0.4, 0.5) is 4.79 Å². The largest absolute Gasteiger partial charge is 0.487 e. The van der Waals surface area contributed by atoms with Crippen LogP contribution in [-0.4, -0.2) is 59.5 Å². The number of sulfonamides is 1. The molecule has 0 aromatic heterocycles. The van der Waals surface area contributed by atoms with Gasteiger partial charge >= 0.3 is 12.1 Å². The first-order chi connectivity index (χ1) is 25.2. The Morgan fingerprint density at radius 2 is 1.58 bits per heavy atom. The van der Waals surface area contributed by atoms with Crippen LogP contribution >= 0.6 is 0 Å². The number of hydrogen-bond donors (Lipinski definition) is 4. The van der Waals surface area contributed by atoms with Crippen LogP contribution in [0.5, 0.6) is 11.5 Å². The monoisotopic (exact) mass is 767 g/mol. The van der Waals surface area contributed by atoms with E-state index in [4.69, 9.17) is 19.9 Å². The van der Waals surface area contributed by atoms with Gasteiger partial charge in [-0.1, -0.05) is 87.0 Å². The summed E-state index contributed by atoms with van der Waals surface area (Å²) in [5.41, 5.74) is 8.67. The third kappa shape index (κ3) is 11.5. The van der Waals surface area contributed by atoms with Gasteiger partial charge in [0, 0.05) is 18.4 Å². The van der Waals surface area contributed by atoms with Crippen LogP contribution in [0.3, 0.4) is 0 Å². The molecule has 4 rings (SSSR count). The molecule has 2 atom stereocenters. The SMILES string of the molecule is CCCCOC(=O)NC(N)c1ccc(OCc2ccccc2)c(S(=O)(=O)NCCc2ccc(-c3ccccc3S(C)(=O)=O)cc2OC(CC)C(=O)O)c1. The van der Waals surface area contributed by atoms with Crippen molar-refractivity contribution in [2.45, 2.75) is 68.2 Å². The highest BCUT2D eigenvalue weighted by Gasteiger charge is 2.24. The van der Waals surface area contributed by atoms with Crippen LogP contribution in [-0.2, 0) is 42.4 Å². The first kappa shape index (κ1) is 40.8. The summed E-state index contributed by atoms with van der Waals surface area (Å²) in [5.74, 6) is -0.977. The van der Waals surface area contributed by atoms with Gasteiger partial charge in [0.05, 0.1) is 11.5 Å². The second-order valence-corrected chi connectivity index (χ2v) is 15.9. The van der Waals surface area contributed by atoms with Gasteiger partial charge in [-0.2, -0.15) is 0 Å². The summed E-state index contributed by atoms with van der Waals surface area (Å²) in [6.45, 7) is 3.76. The maximum atomic E-state index is 13.9. The number of carbonyl (C=O) groups is 2. The zero-order chi connectivity index (χ0) is 38.6. The highest BCUT2D eigenvalue weighted by molar-refractivity contribution is 7.91. The third-order valence-electron chi connectivity index (χ3n) is 8.12. The van der Waals surface area contributed by atoms with Gasteiger partial charge in [0.2, 0.25) is 10.0 Å². The molecule has 0 radical (unpaired) electrons. The van der Waals surface area contributed by atoms with E-state index in [9.17, 15) is 31.5 Å². The van der Waals surface area contributed by atoms with Crippen LogP contribution in [0.1, 0.15) is 56.0 Å². The maximum absolute atomic E-state index is 13.9. The number of aliphatic carboxylic acids is 1. The Labute approximate surface area is 310 Å². The number of ether oxygens (including phenoxy) is 3. The third-order valence-corrected chi connectivity index (χ3v) is 10.8. The molecule has 0 aliphatic heterocycles. The Morgan fingerprint density at radius 1 is 0.868 bits per heavy atom. The second-order valence-electron chi connectivity index (χ2n) is 12.2. The van der Waals surface area contributed by atoms with E-state index >= 15 is 0 Å². The summed E-state index contributed by atoms with van der Waals surface area (Å²) in [5, 5.41) is 12.2. The topological polar surface area (TPSA) is 200 Å². The molecule has 0 saturated heterocycles. The number of sulfone groups is 1. The standard InChI is InChI=1S/C38H45N3O10S2/c1-4-6-22-49-38(44)41-36(39)29-18-19-32(50-25-26-12-8-7-9-13-26)35(24-29)53(47,48)40-21-20-27-16-17-28(23-33(27)51-31(5-2)37(42)43)30-14-10-11-15-34(30)52(3,45)46/h7-19,23-24,31,36,40H,4-6,20-22,25,39H2,1-3H3,(H,41,44)(H,42,43). The van der Waals surface area contributed by atoms with Crippen LogP contribution in [0.2, 0.25) is 0 Å². The zero-order valence-corrected chi connectivity index (χ0v) is 31.4. The summed E-state index contributed by atoms with van der Waals surface area (Å²) in [4.78, 5) is 24.0. The lowest BCUT2D eigenvalue weighted by Gasteiger charge is -2.19. The Morgan fingerprint density at radius 3 is 2.26 bits per heavy atom. The number of hydrogen-bond acceptors (Lipinski definition) is 10. The predicted molar refractivity (Wildman–Crippen MR) is 200 cm³/mol. The van der Waals surface area contributed by atoms with Crippen LogP contribution < -0.4 is 25.2 Å². The fraction of sp³-hybridized carbons (Fsp3) is 0.316. The smallest absolute Gasteiger partial charge is 0.408 e. The fourth-order valence-electron chi connectivity index (χ4n) is 5.27. The molecular weight excluding hydrogens is 723 g/mol. The lowest BCUT2D eigenvalue weighted by Crippen LogP contribution is -2.35. The molecule has 1 amide bonds. The molecular formula is C38H45N3O10S2. The van der Waals surface area contributed by atoms with Gasteiger partial charge in [-0.05, 0) is 65.8 Å². The Bertz CT molecular complexity index is 2090. The molecule has 0 spiro atoms. The van der Waals surface area contributed by atoms with E-state index < -0.39 is 44.2 Å². The van der Waals surface area contributed by atoms with Gasteiger partial charge in [-0.25, -0.2) is 31.1 Å². The molecule has 4 aromatic rings. The van der Waals surface area contributed by atoms with Crippen molar-refractivity contribution in [2.75, 3.05) is 19.4 Å². The van der Waals surface area contributed by atoms with Gasteiger partial charge in [-0.15, -0.1) is 0 Å². The number of alkyl carbamates (subject to hydrolysis) is 1. The Balaban J connectivity index is 1.62. The predicted octanol–water partition coefficient (Wildman–Crippen LogP) is 5.58. The van der Waals surface area contributed by atoms with E-state index in [1.165, 1.54) is 18.2 Å². The lowest BCUT2D eigenvalue weighted by atomic mass is 10.0. The van der Waals surface area contributed by atoms with Crippen molar-refractivity contribution in [1.82, 2.24) is 10.0 Å². The van der Waals surface area contributed by atoms with Gasteiger partial charge in [-0.3, -0.25) is 0 Å². The summed E-state index contributed by atoms with van der Waals surface area (Å²) in [6.07, 6.45) is -0.217. The average Bonchev–Trinajstić information content (AvgIpc) is 3.13. The number of nitrogens with two attached hydrogens (primary N) is 1. The van der Waals surface area contributed by atoms with Gasteiger partial charge in [0.15, 0.2) is 15.9 Å². The molecule has 0 aliphatic rings. The Hall–Kier alpha value is -4.96. The number of carboxylic acid groups (broad SMARTS) is 1. The fourth-order valence-corrected chi connectivity index (χ4v) is 7.39. The van der Waals surface area contributed by atoms with Crippen molar-refractivity contribution < 1.29 is 45.7 Å². The molecule has 53 heavy (non-hydrogen) atoms. The summed E-state index contributed by atoms with van der Waals surface area (Å²) < 4.78 is 72.4. The molecule has 2 unspecified atom stereocenters. The molecule has 284 valence electrons. The zero-order valence-electron chi connectivity index (χ0n) is 29.8. The van der Waals surface area contributed by atoms with Crippen molar-refractivity contribution in [1.29, 1.82) is 0 Å². The highest BCUT2D eigenvalue weighted by atomic mass is 32.2. The first-order valence-corrected chi connectivity index (χ1v) is 20.4. The van der Waals surface area contributed by atoms with Gasteiger partial charge in [0.25, 0.3) is 0 Å². The lowest BCUT2D eigenvalue weighted by molar-refractivity contribution is -0.145. The van der Waals surface area contributed by atoms with E-state index in [0.717, 1.165) is 18.2 Å². The minimum atomic E-state index is -4.27. The number of unbranched alkanes of at least 4 members (excludes halogenated alkanes) is 1. The van der Waals surface area contributed by atoms with E-state index in [1.807, 2.05) is 37.3 Å². The normalized spacial score (nSPS) is 12.8. The summed E-state index contributed by atoms with van der Waals surface area (Å²) in [6, 6.07) is 24.8. The molecule has 0 fully saturated rings. The number of nitrogens with one attached hydrogen (secondary N) is 2. The second kappa shape index (κ2) is 18.7. The molecule has 5 N–H and O–H groups in total. The minimum absolute atomic E-state index is 0.0491. The maximum Gasteiger partial charge on any atom is 0.408 e. The van der Waals surface area contributed by atoms with E-state index in [2.05, 4.69) is 10.0 Å². The van der Waals surface area contributed by atoms with Crippen molar-refractivity contribution in [3.63, 3.8) is 0 Å². The van der Waals surface area contributed by atoms with Crippen LogP contribution in [0, 0.1) is 0 Å². The van der Waals surface area contributed by atoms with E-state index in [1.54, 1.807) is 49.4 Å². The first-order valence-electron chi connectivity index (χ1n) is 17.0. The summed E-state index contributed by atoms with van der Waals surface area (Å²) >= 11 is 0. The number of carbonyl (C=O) groups excluding carboxylic acids is 1. The number of benzene rings is 4. The molecule has 15 heteroatoms. The summed E-state index contributed by atoms with van der Waals surface area (Å²) in [7, 11) is -7.87. The number of amides is 1. The Kier molecular flexibility index (Phi) is 14.4. The molecule has 13 nitrogen and oxygen atoms in total. The van der Waals surface area contributed by atoms with Crippen molar-refractivity contribution >= 4 is 31.9 Å². The highest BCUT2D eigenvalue weighted by Crippen LogP contribution is 2.33. The van der Waals surface area contributed by atoms with Gasteiger partial charge in [0.1, 0.15) is 29.2 Å². The molecule has 0 bridgehead atoms. The quantitative estimate of drug-likeness (QED) is 0.0686.